The molecule has 0 spiro atoms. The first-order valence-corrected chi connectivity index (χ1v) is 11.8. The van der Waals surface area contributed by atoms with Crippen LogP contribution in [0.4, 0.5) is 11.4 Å². The van der Waals surface area contributed by atoms with E-state index in [0.717, 1.165) is 11.4 Å². The third-order valence-corrected chi connectivity index (χ3v) is 6.90. The number of hydrogen-bond donors (Lipinski definition) is 0. The van der Waals surface area contributed by atoms with Crippen LogP contribution in [-0.2, 0) is 10.8 Å². The van der Waals surface area contributed by atoms with Gasteiger partial charge in [-0.1, -0.05) is 92.2 Å². The number of rotatable bonds is 10. The fourth-order valence-electron chi connectivity index (χ4n) is 4.59. The zero-order valence-electron chi connectivity index (χ0n) is 19.6. The molecule has 0 amide bonds. The van der Waals surface area contributed by atoms with E-state index in [-0.39, 0.29) is 10.8 Å². The van der Waals surface area contributed by atoms with Crippen LogP contribution in [0, 0.1) is 0 Å². The van der Waals surface area contributed by atoms with E-state index in [9.17, 15) is 0 Å². The maximum atomic E-state index is 4.91. The molecule has 0 aromatic heterocycles. The van der Waals surface area contributed by atoms with E-state index in [1.807, 2.05) is 0 Å². The van der Waals surface area contributed by atoms with Gasteiger partial charge in [0.05, 0.1) is 11.4 Å². The molecule has 0 aliphatic carbocycles. The Morgan fingerprint density at radius 2 is 1.03 bits per heavy atom. The molecule has 3 rings (SSSR count). The zero-order chi connectivity index (χ0) is 21.1. The van der Waals surface area contributed by atoms with Crippen molar-refractivity contribution >= 4 is 11.4 Å². The van der Waals surface area contributed by atoms with Gasteiger partial charge in [-0.05, 0) is 59.1 Å². The Bertz CT molecular complexity index is 759. The molecular formula is C28H40N. The van der Waals surface area contributed by atoms with Crippen molar-refractivity contribution in [1.29, 1.82) is 0 Å². The number of benzene rings is 2. The van der Waals surface area contributed by atoms with E-state index in [0.29, 0.717) is 0 Å². The van der Waals surface area contributed by atoms with Gasteiger partial charge in [0.25, 0.3) is 0 Å². The summed E-state index contributed by atoms with van der Waals surface area (Å²) < 4.78 is 0. The van der Waals surface area contributed by atoms with Gasteiger partial charge < -0.3 is 0 Å². The van der Waals surface area contributed by atoms with Gasteiger partial charge in [0.1, 0.15) is 0 Å². The van der Waals surface area contributed by atoms with Crippen LogP contribution in [0.15, 0.2) is 36.4 Å². The van der Waals surface area contributed by atoms with Crippen LogP contribution in [0.5, 0.6) is 0 Å². The fraction of sp³-hybridized carbons (Fsp3) is 0.571. The maximum Gasteiger partial charge on any atom is 0.0716 e. The van der Waals surface area contributed by atoms with Gasteiger partial charge in [-0.2, -0.15) is 0 Å². The highest BCUT2D eigenvalue weighted by atomic mass is 14.9. The van der Waals surface area contributed by atoms with Crippen LogP contribution in [-0.4, -0.2) is 0 Å². The van der Waals surface area contributed by atoms with Crippen molar-refractivity contribution in [3.05, 3.63) is 47.5 Å². The monoisotopic (exact) mass is 390 g/mol. The first-order chi connectivity index (χ1) is 13.8. The topological polar surface area (TPSA) is 14.1 Å². The average molecular weight is 391 g/mol. The SMILES string of the molecule is CCCCCC(C)(C)c1ccc2c(c1)-c1cc(C(C)(C)CCCCC)ccc1[N]2. The van der Waals surface area contributed by atoms with Gasteiger partial charge in [0.15, 0.2) is 0 Å². The Morgan fingerprint density at radius 1 is 0.621 bits per heavy atom. The molecule has 1 heterocycles. The molecule has 1 aliphatic rings. The summed E-state index contributed by atoms with van der Waals surface area (Å²) in [7, 11) is 0. The summed E-state index contributed by atoms with van der Waals surface area (Å²) in [6.07, 6.45) is 10.3. The van der Waals surface area contributed by atoms with Gasteiger partial charge >= 0.3 is 0 Å². The highest BCUT2D eigenvalue weighted by Gasteiger charge is 2.27. The van der Waals surface area contributed by atoms with Crippen LogP contribution in [0.2, 0.25) is 0 Å². The lowest BCUT2D eigenvalue weighted by Gasteiger charge is -2.27. The number of unbranched alkanes of at least 4 members (excludes halogenated alkanes) is 4. The second-order valence-corrected chi connectivity index (χ2v) is 10.3. The average Bonchev–Trinajstić information content (AvgIpc) is 3.05. The van der Waals surface area contributed by atoms with E-state index in [2.05, 4.69) is 77.9 Å². The molecule has 0 fully saturated rings. The Kier molecular flexibility index (Phi) is 6.76. The fourth-order valence-corrected chi connectivity index (χ4v) is 4.59. The highest BCUT2D eigenvalue weighted by Crippen LogP contribution is 2.46. The van der Waals surface area contributed by atoms with Crippen molar-refractivity contribution in [3.8, 4) is 11.1 Å². The molecule has 2 aromatic carbocycles. The molecule has 29 heavy (non-hydrogen) atoms. The van der Waals surface area contributed by atoms with Crippen molar-refractivity contribution in [2.75, 3.05) is 0 Å². The summed E-state index contributed by atoms with van der Waals surface area (Å²) in [4.78, 5) is 0. The zero-order valence-corrected chi connectivity index (χ0v) is 19.6. The van der Waals surface area contributed by atoms with Crippen LogP contribution in [0.25, 0.3) is 11.1 Å². The van der Waals surface area contributed by atoms with Gasteiger partial charge in [-0.15, -0.1) is 0 Å². The van der Waals surface area contributed by atoms with E-state index >= 15 is 0 Å². The highest BCUT2D eigenvalue weighted by molar-refractivity contribution is 5.91. The number of nitrogens with zero attached hydrogens (tertiary/aromatic N) is 1. The molecule has 0 bridgehead atoms. The molecule has 1 radical (unpaired) electrons. The Hall–Kier alpha value is -1.76. The maximum absolute atomic E-state index is 4.91. The normalized spacial score (nSPS) is 13.2. The molecular weight excluding hydrogens is 350 g/mol. The largest absolute Gasteiger partial charge is 0.248 e. The Balaban J connectivity index is 1.88. The minimum Gasteiger partial charge on any atom is -0.248 e. The third-order valence-electron chi connectivity index (χ3n) is 6.90. The number of hydrogen-bond acceptors (Lipinski definition) is 0. The van der Waals surface area contributed by atoms with Crippen molar-refractivity contribution in [3.63, 3.8) is 0 Å². The molecule has 0 saturated carbocycles. The molecule has 0 N–H and O–H groups in total. The minimum absolute atomic E-state index is 0.212. The lowest BCUT2D eigenvalue weighted by molar-refractivity contribution is 0.450. The van der Waals surface area contributed by atoms with Gasteiger partial charge in [-0.25, -0.2) is 5.32 Å². The summed E-state index contributed by atoms with van der Waals surface area (Å²) in [5, 5.41) is 4.91. The second-order valence-electron chi connectivity index (χ2n) is 10.3. The second kappa shape index (κ2) is 8.94. The van der Waals surface area contributed by atoms with E-state index in [1.165, 1.54) is 73.6 Å². The molecule has 157 valence electrons. The number of fused-ring (bicyclic) bond motifs is 3. The van der Waals surface area contributed by atoms with Gasteiger partial charge in [0.2, 0.25) is 0 Å². The Morgan fingerprint density at radius 3 is 1.41 bits per heavy atom. The Labute approximate surface area is 179 Å². The molecule has 0 atom stereocenters. The van der Waals surface area contributed by atoms with Crippen molar-refractivity contribution < 1.29 is 0 Å². The van der Waals surface area contributed by atoms with Crippen molar-refractivity contribution in [1.82, 2.24) is 5.32 Å². The smallest absolute Gasteiger partial charge is 0.0716 e. The van der Waals surface area contributed by atoms with Crippen LogP contribution < -0.4 is 5.32 Å². The summed E-state index contributed by atoms with van der Waals surface area (Å²) >= 11 is 0. The van der Waals surface area contributed by atoms with Crippen molar-refractivity contribution in [2.45, 2.75) is 104 Å². The predicted octanol–water partition coefficient (Wildman–Crippen LogP) is 8.95. The van der Waals surface area contributed by atoms with Crippen LogP contribution >= 0.6 is 0 Å². The van der Waals surface area contributed by atoms with Crippen LogP contribution in [0.1, 0.15) is 104 Å². The molecule has 1 heteroatoms. The molecule has 0 saturated heterocycles. The minimum atomic E-state index is 0.212. The van der Waals surface area contributed by atoms with Crippen molar-refractivity contribution in [2.24, 2.45) is 0 Å². The summed E-state index contributed by atoms with van der Waals surface area (Å²) in [5.41, 5.74) is 8.24. The molecule has 1 aliphatic heterocycles. The van der Waals surface area contributed by atoms with Gasteiger partial charge in [-0.3, -0.25) is 0 Å². The van der Waals surface area contributed by atoms with E-state index < -0.39 is 0 Å². The lowest BCUT2D eigenvalue weighted by Crippen LogP contribution is -2.17. The van der Waals surface area contributed by atoms with E-state index in [1.54, 1.807) is 0 Å². The standard InChI is InChI=1S/C28H40N/c1-7-9-11-17-27(3,4)21-13-15-25-23(19-21)24-20-22(14-16-26(24)29-25)28(5,6)18-12-10-8-2/h13-16,19-20H,7-12,17-18H2,1-6H3. The first kappa shape index (κ1) is 21.9. The van der Waals surface area contributed by atoms with Gasteiger partial charge in [0, 0.05) is 11.1 Å². The first-order valence-electron chi connectivity index (χ1n) is 11.8. The molecule has 1 nitrogen and oxygen atoms in total. The molecule has 2 aromatic rings. The summed E-state index contributed by atoms with van der Waals surface area (Å²) in [6.45, 7) is 14.1. The quantitative estimate of drug-likeness (QED) is 0.307. The summed E-state index contributed by atoms with van der Waals surface area (Å²) in [5.74, 6) is 0. The summed E-state index contributed by atoms with van der Waals surface area (Å²) in [6, 6.07) is 13.9. The van der Waals surface area contributed by atoms with Crippen LogP contribution in [0.3, 0.4) is 0 Å². The molecule has 0 unspecified atom stereocenters. The third kappa shape index (κ3) is 4.87. The predicted molar refractivity (Wildman–Crippen MR) is 128 cm³/mol. The van der Waals surface area contributed by atoms with E-state index in [4.69, 9.17) is 5.32 Å². The lowest BCUT2D eigenvalue weighted by atomic mass is 9.78.